The van der Waals surface area contributed by atoms with Crippen molar-refractivity contribution in [2.75, 3.05) is 13.7 Å². The van der Waals surface area contributed by atoms with E-state index < -0.39 is 25.1 Å². The number of benzene rings is 2. The first-order chi connectivity index (χ1) is 17.4. The third-order valence-electron chi connectivity index (χ3n) is 7.77. The largest absolute Gasteiger partial charge is 0.508 e. The molecule has 2 aromatic carbocycles. The van der Waals surface area contributed by atoms with E-state index in [9.17, 15) is 24.8 Å². The highest BCUT2D eigenvalue weighted by atomic mass is 16.5. The third-order valence-corrected chi connectivity index (χ3v) is 7.77. The van der Waals surface area contributed by atoms with Gasteiger partial charge in [0.2, 0.25) is 11.8 Å². The number of aliphatic hydroxyl groups excluding tert-OH is 1. The number of phenols is 1. The minimum Gasteiger partial charge on any atom is -0.508 e. The average Bonchev–Trinajstić information content (AvgIpc) is 3.11. The van der Waals surface area contributed by atoms with Crippen LogP contribution in [0.15, 0.2) is 65.7 Å². The Hall–Kier alpha value is -3.20. The van der Waals surface area contributed by atoms with E-state index in [4.69, 9.17) is 4.65 Å². The molecule has 1 aliphatic carbocycles. The van der Waals surface area contributed by atoms with Crippen molar-refractivity contribution in [1.29, 1.82) is 0 Å². The van der Waals surface area contributed by atoms with Crippen molar-refractivity contribution >= 4 is 30.6 Å². The first-order valence-electron chi connectivity index (χ1n) is 12.4. The Morgan fingerprint density at radius 3 is 2.50 bits per heavy atom. The summed E-state index contributed by atoms with van der Waals surface area (Å²) in [5.41, 5.74) is 4.68. The summed E-state index contributed by atoms with van der Waals surface area (Å²) in [6.45, 7) is -0.203. The zero-order valence-electron chi connectivity index (χ0n) is 20.2. The second kappa shape index (κ2) is 10.0. The average molecular weight is 487 g/mol. The maximum absolute atomic E-state index is 13.0. The summed E-state index contributed by atoms with van der Waals surface area (Å²) in [4.78, 5) is 26.9. The molecule has 7 nitrogen and oxygen atoms in total. The number of amides is 2. The van der Waals surface area contributed by atoms with Gasteiger partial charge >= 0.3 is 7.12 Å². The fourth-order valence-electron chi connectivity index (χ4n) is 6.08. The van der Waals surface area contributed by atoms with Gasteiger partial charge in [0.25, 0.3) is 0 Å². The number of carbonyl (C=O) groups excluding carboxylic acids is 2. The molecule has 0 unspecified atom stereocenters. The van der Waals surface area contributed by atoms with Crippen LogP contribution >= 0.6 is 0 Å². The molecule has 186 valence electrons. The van der Waals surface area contributed by atoms with Gasteiger partial charge in [0.05, 0.1) is 24.5 Å². The summed E-state index contributed by atoms with van der Waals surface area (Å²) in [5, 5.41) is 30.5. The Morgan fingerprint density at radius 2 is 1.81 bits per heavy atom. The highest BCUT2D eigenvalue weighted by molar-refractivity contribution is 6.43. The number of fused-ring (bicyclic) bond motifs is 3. The van der Waals surface area contributed by atoms with Gasteiger partial charge in [-0.3, -0.25) is 14.5 Å². The van der Waals surface area contributed by atoms with E-state index in [1.165, 1.54) is 11.9 Å². The van der Waals surface area contributed by atoms with E-state index in [0.717, 1.165) is 27.8 Å². The van der Waals surface area contributed by atoms with Crippen molar-refractivity contribution in [1.82, 2.24) is 4.90 Å². The number of hydrogen-bond acceptors (Lipinski definition) is 6. The molecule has 0 bridgehead atoms. The minimum atomic E-state index is -1.04. The number of allylic oxidation sites excluding steroid dienone is 1. The van der Waals surface area contributed by atoms with E-state index in [0.29, 0.717) is 19.3 Å². The summed E-state index contributed by atoms with van der Waals surface area (Å²) < 4.78 is 5.99. The lowest BCUT2D eigenvalue weighted by atomic mass is 9.58. The highest BCUT2D eigenvalue weighted by Crippen LogP contribution is 2.50. The molecule has 3 N–H and O–H groups in total. The van der Waals surface area contributed by atoms with Gasteiger partial charge in [-0.25, -0.2) is 0 Å². The standard InChI is InChI=1S/C28H30BNO6/c1-30-27(33)22-14-20(16-31)25-23(26(22)28(30)34)15-29(35)36-24(25)12-9-19(18-5-3-2-4-6-18)13-17-7-10-21(32)11-8-17/h2-8,10-11,13,22-24,26,31-32,35H,9,12,14-16H2,1H3/b19-13-/t22-,23+,24-,26-/m1/s1. The van der Waals surface area contributed by atoms with Gasteiger partial charge in [-0.2, -0.15) is 0 Å². The van der Waals surface area contributed by atoms with E-state index in [1.54, 1.807) is 12.1 Å². The van der Waals surface area contributed by atoms with E-state index in [1.807, 2.05) is 42.5 Å². The third kappa shape index (κ3) is 4.52. The summed E-state index contributed by atoms with van der Waals surface area (Å²) >= 11 is 0. The van der Waals surface area contributed by atoms with Gasteiger partial charge < -0.3 is 19.9 Å². The number of likely N-dealkylation sites (tertiary alicyclic amines) is 1. The molecule has 3 aliphatic rings. The van der Waals surface area contributed by atoms with Crippen LogP contribution in [0.1, 0.15) is 30.4 Å². The van der Waals surface area contributed by atoms with Gasteiger partial charge in [0, 0.05) is 7.05 Å². The lowest BCUT2D eigenvalue weighted by Gasteiger charge is -2.43. The molecule has 0 saturated carbocycles. The maximum atomic E-state index is 13.0. The van der Waals surface area contributed by atoms with Crippen molar-refractivity contribution in [2.24, 2.45) is 17.8 Å². The van der Waals surface area contributed by atoms with Crippen molar-refractivity contribution < 1.29 is 29.5 Å². The number of rotatable bonds is 6. The van der Waals surface area contributed by atoms with Crippen LogP contribution in [0, 0.1) is 17.8 Å². The van der Waals surface area contributed by atoms with Crippen molar-refractivity contribution in [2.45, 2.75) is 31.7 Å². The number of hydrogen-bond donors (Lipinski definition) is 3. The Labute approximate surface area is 210 Å². The first-order valence-corrected chi connectivity index (χ1v) is 12.4. The van der Waals surface area contributed by atoms with Crippen molar-refractivity contribution in [3.63, 3.8) is 0 Å². The SMILES string of the molecule is CN1C(=O)[C@@H]2[C@@H](CC(CO)=C3[C@@H](CC/C(=C/c4ccc(O)cc4)c4ccccc4)OB(O)C[C@@H]32)C1=O. The molecule has 0 radical (unpaired) electrons. The predicted molar refractivity (Wildman–Crippen MR) is 136 cm³/mol. The molecule has 5 rings (SSSR count). The Morgan fingerprint density at radius 1 is 1.08 bits per heavy atom. The molecular formula is C28H30BNO6. The summed E-state index contributed by atoms with van der Waals surface area (Å²) in [6, 6.07) is 17.0. The normalized spacial score (nSPS) is 26.4. The molecule has 2 aliphatic heterocycles. The predicted octanol–water partition coefficient (Wildman–Crippen LogP) is 3.13. The topological polar surface area (TPSA) is 107 Å². The van der Waals surface area contributed by atoms with Gasteiger partial charge in [0.1, 0.15) is 5.75 Å². The Kier molecular flexibility index (Phi) is 6.84. The van der Waals surface area contributed by atoms with Gasteiger partial charge in [-0.15, -0.1) is 0 Å². The monoisotopic (exact) mass is 487 g/mol. The number of carbonyl (C=O) groups is 2. The zero-order chi connectivity index (χ0) is 25.4. The molecule has 2 heterocycles. The number of phenolic OH excluding ortho intramolecular Hbond substituents is 1. The van der Waals surface area contributed by atoms with Crippen LogP contribution < -0.4 is 0 Å². The van der Waals surface area contributed by atoms with Crippen molar-refractivity contribution in [3.8, 4) is 5.75 Å². The van der Waals surface area contributed by atoms with Gasteiger partial charge in [-0.05, 0) is 71.5 Å². The van der Waals surface area contributed by atoms with Crippen LogP contribution in [-0.4, -0.2) is 58.8 Å². The summed E-state index contributed by atoms with van der Waals surface area (Å²) in [6.07, 6.45) is 3.34. The maximum Gasteiger partial charge on any atom is 0.455 e. The molecule has 2 saturated heterocycles. The second-order valence-electron chi connectivity index (χ2n) is 9.88. The van der Waals surface area contributed by atoms with E-state index in [2.05, 4.69) is 6.08 Å². The first kappa shape index (κ1) is 24.5. The second-order valence-corrected chi connectivity index (χ2v) is 9.88. The molecular weight excluding hydrogens is 457 g/mol. The van der Waals surface area contributed by atoms with Crippen LogP contribution in [-0.2, 0) is 14.2 Å². The van der Waals surface area contributed by atoms with Crippen molar-refractivity contribution in [3.05, 3.63) is 76.9 Å². The summed E-state index contributed by atoms with van der Waals surface area (Å²) in [5.74, 6) is -1.56. The Balaban J connectivity index is 1.46. The number of aliphatic hydroxyl groups is 1. The fraction of sp³-hybridized carbons (Fsp3) is 0.357. The van der Waals surface area contributed by atoms with Gasteiger partial charge in [0.15, 0.2) is 0 Å². The molecule has 2 fully saturated rings. The number of aromatic hydroxyl groups is 1. The van der Waals surface area contributed by atoms with E-state index >= 15 is 0 Å². The van der Waals surface area contributed by atoms with Crippen LogP contribution in [0.25, 0.3) is 11.6 Å². The highest BCUT2D eigenvalue weighted by Gasteiger charge is 2.56. The lowest BCUT2D eigenvalue weighted by molar-refractivity contribution is -0.138. The molecule has 4 atom stereocenters. The van der Waals surface area contributed by atoms with Gasteiger partial charge in [-0.1, -0.05) is 48.5 Å². The molecule has 8 heteroatoms. The minimum absolute atomic E-state index is 0.203. The van der Waals surface area contributed by atoms with Crippen LogP contribution in [0.2, 0.25) is 6.32 Å². The molecule has 2 aromatic rings. The quantitative estimate of drug-likeness (QED) is 0.250. The fourth-order valence-corrected chi connectivity index (χ4v) is 6.08. The van der Waals surface area contributed by atoms with Crippen LogP contribution in [0.5, 0.6) is 5.75 Å². The van der Waals surface area contributed by atoms with Crippen LogP contribution in [0.3, 0.4) is 0 Å². The summed E-state index contributed by atoms with van der Waals surface area (Å²) in [7, 11) is 0.465. The molecule has 0 aromatic heterocycles. The molecule has 2 amide bonds. The zero-order valence-corrected chi connectivity index (χ0v) is 20.2. The lowest BCUT2D eigenvalue weighted by Crippen LogP contribution is -2.46. The molecule has 0 spiro atoms. The van der Waals surface area contributed by atoms with E-state index in [-0.39, 0.29) is 36.4 Å². The number of imide groups is 1. The van der Waals surface area contributed by atoms with Crippen LogP contribution in [0.4, 0.5) is 0 Å². The molecule has 36 heavy (non-hydrogen) atoms. The number of nitrogens with zero attached hydrogens (tertiary/aromatic N) is 1. The smallest absolute Gasteiger partial charge is 0.455 e. The Bertz CT molecular complexity index is 1210.